The van der Waals surface area contributed by atoms with Crippen LogP contribution in [-0.4, -0.2) is 33.7 Å². The fourth-order valence-electron chi connectivity index (χ4n) is 3.68. The highest BCUT2D eigenvalue weighted by Crippen LogP contribution is 2.29. The van der Waals surface area contributed by atoms with Gasteiger partial charge in [0.1, 0.15) is 22.9 Å². The van der Waals surface area contributed by atoms with Gasteiger partial charge in [-0.3, -0.25) is 4.99 Å². The van der Waals surface area contributed by atoms with Crippen LogP contribution in [0.2, 0.25) is 0 Å². The molecular weight excluding hydrogens is 360 g/mol. The normalized spacial score (nSPS) is 19.4. The number of nitrogens with one attached hydrogen (secondary N) is 1. The first kappa shape index (κ1) is 22.7. The zero-order valence-electron chi connectivity index (χ0n) is 18.8. The average Bonchev–Trinajstić information content (AvgIpc) is 2.68. The van der Waals surface area contributed by atoms with Crippen LogP contribution in [0.25, 0.3) is 6.20 Å². The molecule has 0 aliphatic carbocycles. The maximum atomic E-state index is 4.70. The Balaban J connectivity index is 0.00000106. The first-order chi connectivity index (χ1) is 13.9. The second-order valence-corrected chi connectivity index (χ2v) is 7.61. The first-order valence-electron chi connectivity index (χ1n) is 10.6. The van der Waals surface area contributed by atoms with Crippen molar-refractivity contribution in [2.24, 2.45) is 4.99 Å². The van der Waals surface area contributed by atoms with Crippen molar-refractivity contribution in [3.63, 3.8) is 0 Å². The number of aromatic nitrogens is 3. The van der Waals surface area contributed by atoms with Crippen molar-refractivity contribution in [1.82, 2.24) is 14.5 Å². The van der Waals surface area contributed by atoms with Gasteiger partial charge in [0.15, 0.2) is 0 Å². The molecule has 1 unspecified atom stereocenters. The van der Waals surface area contributed by atoms with Crippen LogP contribution in [0.1, 0.15) is 60.6 Å². The van der Waals surface area contributed by atoms with E-state index in [1.807, 2.05) is 35.9 Å². The topological polar surface area (TPSA) is 58.3 Å². The summed E-state index contributed by atoms with van der Waals surface area (Å²) in [6.07, 6.45) is 8.61. The molecule has 1 fully saturated rings. The van der Waals surface area contributed by atoms with Gasteiger partial charge in [-0.2, -0.15) is 0 Å². The van der Waals surface area contributed by atoms with E-state index < -0.39 is 0 Å². The molecule has 2 atom stereocenters. The predicted octanol–water partition coefficient (Wildman–Crippen LogP) is 5.39. The highest BCUT2D eigenvalue weighted by Gasteiger charge is 2.26. The van der Waals surface area contributed by atoms with Crippen molar-refractivity contribution in [1.29, 1.82) is 0 Å². The second-order valence-electron chi connectivity index (χ2n) is 7.61. The zero-order valence-corrected chi connectivity index (χ0v) is 18.8. The summed E-state index contributed by atoms with van der Waals surface area (Å²) in [5.41, 5.74) is 1.77. The van der Waals surface area contributed by atoms with Gasteiger partial charge >= 0.3 is 0 Å². The number of hydrogen-bond donors (Lipinski definition) is 1. The lowest BCUT2D eigenvalue weighted by atomic mass is 9.97. The minimum atomic E-state index is 0. The lowest BCUT2D eigenvalue weighted by Gasteiger charge is -2.40. The van der Waals surface area contributed by atoms with Crippen molar-refractivity contribution in [3.05, 3.63) is 42.3 Å². The molecule has 0 amide bonds. The minimum absolute atomic E-state index is 0. The summed E-state index contributed by atoms with van der Waals surface area (Å²) in [4.78, 5) is 16.0. The summed E-state index contributed by atoms with van der Waals surface area (Å²) in [7, 11) is 1.77. The van der Waals surface area contributed by atoms with Gasteiger partial charge in [0.2, 0.25) is 0 Å². The molecule has 6 heteroatoms. The lowest BCUT2D eigenvalue weighted by Crippen LogP contribution is -2.44. The van der Waals surface area contributed by atoms with E-state index in [2.05, 4.69) is 54.5 Å². The molecule has 0 bridgehead atoms. The summed E-state index contributed by atoms with van der Waals surface area (Å²) in [5, 5.41) is 3.39. The molecule has 0 spiro atoms. The van der Waals surface area contributed by atoms with Gasteiger partial charge in [0.05, 0.1) is 0 Å². The smallest absolute Gasteiger partial charge is 0.136 e. The molecule has 1 N–H and O–H groups in total. The van der Waals surface area contributed by atoms with Gasteiger partial charge in [-0.15, -0.1) is 0 Å². The van der Waals surface area contributed by atoms with Crippen LogP contribution in [-0.2, 0) is 0 Å². The molecule has 29 heavy (non-hydrogen) atoms. The Labute approximate surface area is 176 Å². The Morgan fingerprint density at radius 2 is 1.90 bits per heavy atom. The molecule has 0 aromatic carbocycles. The van der Waals surface area contributed by atoms with E-state index in [4.69, 9.17) is 4.98 Å². The number of anilines is 3. The number of hydrogen-bond acceptors (Lipinski definition) is 5. The van der Waals surface area contributed by atoms with Crippen molar-refractivity contribution >= 4 is 23.5 Å². The summed E-state index contributed by atoms with van der Waals surface area (Å²) < 4.78 is 1.87. The van der Waals surface area contributed by atoms with Gasteiger partial charge in [-0.25, -0.2) is 9.97 Å². The summed E-state index contributed by atoms with van der Waals surface area (Å²) in [6.45, 7) is 14.5. The van der Waals surface area contributed by atoms with Crippen molar-refractivity contribution in [2.75, 3.05) is 17.3 Å². The molecule has 0 radical (unpaired) electrons. The molecule has 1 aliphatic heterocycles. The Kier molecular flexibility index (Phi) is 8.43. The fraction of sp³-hybridized carbons (Fsp3) is 0.522. The fourth-order valence-corrected chi connectivity index (χ4v) is 3.68. The van der Waals surface area contributed by atoms with Crippen molar-refractivity contribution in [3.8, 4) is 0 Å². The first-order valence-corrected chi connectivity index (χ1v) is 10.6. The van der Waals surface area contributed by atoms with Crippen molar-refractivity contribution < 1.29 is 1.43 Å². The van der Waals surface area contributed by atoms with E-state index in [0.29, 0.717) is 12.1 Å². The molecule has 1 aliphatic rings. The third kappa shape index (κ3) is 5.92. The molecule has 160 valence electrons. The molecule has 2 aromatic heterocycles. The van der Waals surface area contributed by atoms with Crippen LogP contribution in [0.5, 0.6) is 0 Å². The van der Waals surface area contributed by atoms with Crippen LogP contribution in [0.3, 0.4) is 0 Å². The third-order valence-electron chi connectivity index (χ3n) is 4.94. The SMILES string of the molecule is C=Cn1ccc(Nc2cc(N3C(C)CCC[C@@H]3C)nc(C)n2)cc1=NC.CCC.[HH]. The van der Waals surface area contributed by atoms with Crippen LogP contribution < -0.4 is 15.7 Å². The van der Waals surface area contributed by atoms with Gasteiger partial charge in [-0.05, 0) is 46.1 Å². The van der Waals surface area contributed by atoms with Gasteiger partial charge in [-0.1, -0.05) is 26.8 Å². The molecule has 3 heterocycles. The van der Waals surface area contributed by atoms with Gasteiger partial charge < -0.3 is 14.8 Å². The van der Waals surface area contributed by atoms with Crippen LogP contribution >= 0.6 is 0 Å². The number of aryl methyl sites for hydroxylation is 1. The van der Waals surface area contributed by atoms with Crippen molar-refractivity contribution in [2.45, 2.75) is 72.4 Å². The summed E-state index contributed by atoms with van der Waals surface area (Å²) in [5.74, 6) is 2.57. The van der Waals surface area contributed by atoms with E-state index in [9.17, 15) is 0 Å². The van der Waals surface area contributed by atoms with E-state index in [1.165, 1.54) is 25.7 Å². The Hall–Kier alpha value is -2.63. The molecule has 3 rings (SSSR count). The molecule has 6 nitrogen and oxygen atoms in total. The summed E-state index contributed by atoms with van der Waals surface area (Å²) in [6, 6.07) is 7.00. The Morgan fingerprint density at radius 1 is 1.24 bits per heavy atom. The van der Waals surface area contributed by atoms with Crippen LogP contribution in [0.15, 0.2) is 36.0 Å². The van der Waals surface area contributed by atoms with E-state index in [-0.39, 0.29) is 1.43 Å². The van der Waals surface area contributed by atoms with Gasteiger partial charge in [0.25, 0.3) is 0 Å². The quantitative estimate of drug-likeness (QED) is 0.750. The van der Waals surface area contributed by atoms with E-state index >= 15 is 0 Å². The maximum Gasteiger partial charge on any atom is 0.136 e. The third-order valence-corrected chi connectivity index (χ3v) is 4.94. The number of pyridine rings is 1. The van der Waals surface area contributed by atoms with Gasteiger partial charge in [0, 0.05) is 50.8 Å². The maximum absolute atomic E-state index is 4.70. The lowest BCUT2D eigenvalue weighted by molar-refractivity contribution is 0.411. The van der Waals surface area contributed by atoms with E-state index in [1.54, 1.807) is 13.2 Å². The number of nitrogens with zero attached hydrogens (tertiary/aromatic N) is 5. The Morgan fingerprint density at radius 3 is 2.48 bits per heavy atom. The Bertz CT molecular complexity index is 866. The second kappa shape index (κ2) is 10.8. The molecule has 0 saturated carbocycles. The zero-order chi connectivity index (χ0) is 21.4. The van der Waals surface area contributed by atoms with E-state index in [0.717, 1.165) is 28.6 Å². The number of piperidine rings is 1. The molecular formula is C23H38N6. The standard InChI is InChI=1S/C20H28N6.C3H8.H2/c1-6-25-11-10-17(12-19(25)21-5)24-18-13-20(23-16(4)22-18)26-14(2)8-7-9-15(26)3;1-3-2;/h6,10-15H,1,7-9H2,2-5H3,(H,22,23,24);3H2,1-2H3;1H/t14-,15?;;/m0../s1. The minimum Gasteiger partial charge on any atom is -0.351 e. The average molecular weight is 399 g/mol. The summed E-state index contributed by atoms with van der Waals surface area (Å²) >= 11 is 0. The highest BCUT2D eigenvalue weighted by molar-refractivity contribution is 5.60. The highest BCUT2D eigenvalue weighted by atomic mass is 15.3. The van der Waals surface area contributed by atoms with Crippen LogP contribution in [0, 0.1) is 6.92 Å². The van der Waals surface area contributed by atoms with Crippen LogP contribution in [0.4, 0.5) is 17.3 Å². The predicted molar refractivity (Wildman–Crippen MR) is 126 cm³/mol. The molecule has 2 aromatic rings. The monoisotopic (exact) mass is 398 g/mol. The number of rotatable bonds is 4. The largest absolute Gasteiger partial charge is 0.351 e. The molecule has 1 saturated heterocycles.